The molecule has 2 heterocycles. The lowest BCUT2D eigenvalue weighted by atomic mass is 10.1. The van der Waals surface area contributed by atoms with Crippen LogP contribution in [0.3, 0.4) is 0 Å². The molecule has 1 aromatic heterocycles. The zero-order chi connectivity index (χ0) is 14.7. The van der Waals surface area contributed by atoms with Crippen LogP contribution in [0.5, 0.6) is 0 Å². The van der Waals surface area contributed by atoms with Gasteiger partial charge in [-0.25, -0.2) is 0 Å². The van der Waals surface area contributed by atoms with Gasteiger partial charge in [0, 0.05) is 24.5 Å². The molecule has 0 saturated heterocycles. The van der Waals surface area contributed by atoms with Gasteiger partial charge < -0.3 is 10.2 Å². The molecular weight excluding hydrogens is 280 g/mol. The number of hydrogen-bond acceptors (Lipinski definition) is 3. The second-order valence-corrected chi connectivity index (χ2v) is 6.53. The Morgan fingerprint density at radius 3 is 3.14 bits per heavy atom. The van der Waals surface area contributed by atoms with Crippen LogP contribution in [0.4, 0.5) is 0 Å². The van der Waals surface area contributed by atoms with Crippen LogP contribution in [-0.2, 0) is 24.3 Å². The summed E-state index contributed by atoms with van der Waals surface area (Å²) in [6, 6.07) is 10.5. The third-order valence-corrected chi connectivity index (χ3v) is 4.87. The fourth-order valence-corrected chi connectivity index (χ4v) is 3.60. The molecule has 1 aromatic carbocycles. The minimum Gasteiger partial charge on any atom is -0.337 e. The van der Waals surface area contributed by atoms with E-state index in [1.165, 1.54) is 21.6 Å². The third-order valence-electron chi connectivity index (χ3n) is 3.85. The van der Waals surface area contributed by atoms with Crippen LogP contribution in [0, 0.1) is 6.92 Å². The Hall–Kier alpha value is -1.65. The number of benzene rings is 1. The number of carbonyl (C=O) groups excluding carboxylic acids is 1. The quantitative estimate of drug-likeness (QED) is 0.941. The Labute approximate surface area is 129 Å². The minimum atomic E-state index is 0.194. The SMILES string of the molecule is Cc1cccc(CNCC(=O)N2CCc3sccc3C2)c1. The molecule has 1 amide bonds. The van der Waals surface area contributed by atoms with Crippen molar-refractivity contribution in [1.29, 1.82) is 0 Å². The molecule has 0 saturated carbocycles. The van der Waals surface area contributed by atoms with Gasteiger partial charge in [-0.3, -0.25) is 4.79 Å². The molecule has 0 atom stereocenters. The van der Waals surface area contributed by atoms with Crippen molar-refractivity contribution in [3.8, 4) is 0 Å². The van der Waals surface area contributed by atoms with Gasteiger partial charge in [-0.15, -0.1) is 11.3 Å². The summed E-state index contributed by atoms with van der Waals surface area (Å²) < 4.78 is 0. The first-order valence-corrected chi connectivity index (χ1v) is 8.19. The van der Waals surface area contributed by atoms with Gasteiger partial charge in [-0.1, -0.05) is 29.8 Å². The summed E-state index contributed by atoms with van der Waals surface area (Å²) in [6.45, 7) is 4.85. The molecular formula is C17H20N2OS. The van der Waals surface area contributed by atoms with Crippen LogP contribution in [0.15, 0.2) is 35.7 Å². The number of thiophene rings is 1. The molecule has 0 bridgehead atoms. The normalized spacial score (nSPS) is 14.0. The van der Waals surface area contributed by atoms with E-state index in [9.17, 15) is 4.79 Å². The van der Waals surface area contributed by atoms with Gasteiger partial charge in [0.25, 0.3) is 0 Å². The van der Waals surface area contributed by atoms with Crippen molar-refractivity contribution in [2.24, 2.45) is 0 Å². The van der Waals surface area contributed by atoms with E-state index in [-0.39, 0.29) is 5.91 Å². The van der Waals surface area contributed by atoms with Crippen LogP contribution in [0.25, 0.3) is 0 Å². The zero-order valence-electron chi connectivity index (χ0n) is 12.3. The number of fused-ring (bicyclic) bond motifs is 1. The molecule has 3 rings (SSSR count). The molecule has 0 fully saturated rings. The van der Waals surface area contributed by atoms with Crippen molar-refractivity contribution in [2.75, 3.05) is 13.1 Å². The second kappa shape index (κ2) is 6.41. The first kappa shape index (κ1) is 14.3. The summed E-state index contributed by atoms with van der Waals surface area (Å²) in [4.78, 5) is 15.6. The highest BCUT2D eigenvalue weighted by atomic mass is 32.1. The molecule has 1 aliphatic heterocycles. The summed E-state index contributed by atoms with van der Waals surface area (Å²) in [5.74, 6) is 0.194. The van der Waals surface area contributed by atoms with Crippen molar-refractivity contribution < 1.29 is 4.79 Å². The van der Waals surface area contributed by atoms with Gasteiger partial charge in [0.1, 0.15) is 0 Å². The average molecular weight is 300 g/mol. The predicted molar refractivity (Wildman–Crippen MR) is 86.3 cm³/mol. The number of aryl methyl sites for hydroxylation is 1. The number of rotatable bonds is 4. The van der Waals surface area contributed by atoms with Crippen LogP contribution >= 0.6 is 11.3 Å². The van der Waals surface area contributed by atoms with Gasteiger partial charge >= 0.3 is 0 Å². The van der Waals surface area contributed by atoms with E-state index in [1.807, 2.05) is 4.90 Å². The van der Waals surface area contributed by atoms with E-state index < -0.39 is 0 Å². The standard InChI is InChI=1S/C17H20N2OS/c1-13-3-2-4-14(9-13)10-18-11-17(20)19-7-5-16-15(12-19)6-8-21-16/h2-4,6,8-9,18H,5,7,10-12H2,1H3. The highest BCUT2D eigenvalue weighted by molar-refractivity contribution is 7.10. The lowest BCUT2D eigenvalue weighted by Gasteiger charge is -2.27. The lowest BCUT2D eigenvalue weighted by Crippen LogP contribution is -2.40. The second-order valence-electron chi connectivity index (χ2n) is 5.53. The lowest BCUT2D eigenvalue weighted by molar-refractivity contribution is -0.131. The maximum atomic E-state index is 12.3. The largest absolute Gasteiger partial charge is 0.337 e. The van der Waals surface area contributed by atoms with E-state index >= 15 is 0 Å². The van der Waals surface area contributed by atoms with E-state index in [0.29, 0.717) is 6.54 Å². The Morgan fingerprint density at radius 1 is 1.38 bits per heavy atom. The summed E-state index contributed by atoms with van der Waals surface area (Å²) >= 11 is 1.80. The van der Waals surface area contributed by atoms with Crippen LogP contribution in [0.1, 0.15) is 21.6 Å². The average Bonchev–Trinajstić information content (AvgIpc) is 2.94. The molecule has 0 unspecified atom stereocenters. The maximum absolute atomic E-state index is 12.3. The van der Waals surface area contributed by atoms with E-state index in [4.69, 9.17) is 0 Å². The fourth-order valence-electron chi connectivity index (χ4n) is 2.71. The monoisotopic (exact) mass is 300 g/mol. The highest BCUT2D eigenvalue weighted by Gasteiger charge is 2.20. The maximum Gasteiger partial charge on any atom is 0.236 e. The van der Waals surface area contributed by atoms with Gasteiger partial charge in [-0.2, -0.15) is 0 Å². The minimum absolute atomic E-state index is 0.194. The van der Waals surface area contributed by atoms with Crippen molar-refractivity contribution >= 4 is 17.2 Å². The molecule has 0 aliphatic carbocycles. The third kappa shape index (κ3) is 3.52. The summed E-state index contributed by atoms with van der Waals surface area (Å²) in [5.41, 5.74) is 3.79. The number of amides is 1. The molecule has 110 valence electrons. The van der Waals surface area contributed by atoms with Gasteiger partial charge in [0.15, 0.2) is 0 Å². The molecule has 2 aromatic rings. The van der Waals surface area contributed by atoms with Gasteiger partial charge in [-0.05, 0) is 35.9 Å². The van der Waals surface area contributed by atoms with E-state index in [2.05, 4.69) is 48.0 Å². The molecule has 4 heteroatoms. The first-order valence-electron chi connectivity index (χ1n) is 7.31. The number of nitrogens with zero attached hydrogens (tertiary/aromatic N) is 1. The number of carbonyl (C=O) groups is 1. The first-order chi connectivity index (χ1) is 10.2. The van der Waals surface area contributed by atoms with Crippen LogP contribution < -0.4 is 5.32 Å². The Morgan fingerprint density at radius 2 is 2.29 bits per heavy atom. The Kier molecular flexibility index (Phi) is 4.36. The van der Waals surface area contributed by atoms with Gasteiger partial charge in [0.05, 0.1) is 6.54 Å². The summed E-state index contributed by atoms with van der Waals surface area (Å²) in [7, 11) is 0. The topological polar surface area (TPSA) is 32.3 Å². The van der Waals surface area contributed by atoms with E-state index in [0.717, 1.165) is 26.1 Å². The van der Waals surface area contributed by atoms with Crippen molar-refractivity contribution in [3.63, 3.8) is 0 Å². The molecule has 1 N–H and O–H groups in total. The van der Waals surface area contributed by atoms with Gasteiger partial charge in [0.2, 0.25) is 5.91 Å². The smallest absolute Gasteiger partial charge is 0.236 e. The highest BCUT2D eigenvalue weighted by Crippen LogP contribution is 2.23. The number of hydrogen-bond donors (Lipinski definition) is 1. The van der Waals surface area contributed by atoms with Crippen molar-refractivity contribution in [1.82, 2.24) is 10.2 Å². The van der Waals surface area contributed by atoms with Crippen molar-refractivity contribution in [2.45, 2.75) is 26.4 Å². The molecule has 1 aliphatic rings. The van der Waals surface area contributed by atoms with Crippen molar-refractivity contribution in [3.05, 3.63) is 57.3 Å². The van der Waals surface area contributed by atoms with Crippen LogP contribution in [-0.4, -0.2) is 23.9 Å². The Bertz CT molecular complexity index is 635. The molecule has 0 spiro atoms. The summed E-state index contributed by atoms with van der Waals surface area (Å²) in [5, 5.41) is 5.37. The Balaban J connectivity index is 1.49. The van der Waals surface area contributed by atoms with Crippen LogP contribution in [0.2, 0.25) is 0 Å². The zero-order valence-corrected chi connectivity index (χ0v) is 13.1. The summed E-state index contributed by atoms with van der Waals surface area (Å²) in [6.07, 6.45) is 0.997. The van der Waals surface area contributed by atoms with E-state index in [1.54, 1.807) is 11.3 Å². The predicted octanol–water partition coefficient (Wildman–Crippen LogP) is 2.73. The fraction of sp³-hybridized carbons (Fsp3) is 0.353. The number of nitrogens with one attached hydrogen (secondary N) is 1. The molecule has 0 radical (unpaired) electrons. The molecule has 3 nitrogen and oxygen atoms in total. The molecule has 21 heavy (non-hydrogen) atoms.